The predicted molar refractivity (Wildman–Crippen MR) is 86.9 cm³/mol. The third-order valence-corrected chi connectivity index (χ3v) is 7.21. The molecule has 4 bridgehead atoms. The Balaban J connectivity index is 1.55. The Morgan fingerprint density at radius 1 is 1.39 bits per heavy atom. The molecule has 2 saturated carbocycles. The zero-order valence-electron chi connectivity index (χ0n) is 13.8. The molecule has 4 rings (SSSR count). The molecule has 1 saturated heterocycles. The van der Waals surface area contributed by atoms with Gasteiger partial charge in [-0.2, -0.15) is 10.3 Å². The number of benzene rings is 1. The van der Waals surface area contributed by atoms with E-state index in [0.29, 0.717) is 12.3 Å². The maximum Gasteiger partial charge on any atom is 0.238 e. The number of hydrogen-bond acceptors (Lipinski definition) is 3. The second-order valence-corrected chi connectivity index (χ2v) is 7.94. The molecule has 0 unspecified atom stereocenters. The van der Waals surface area contributed by atoms with Gasteiger partial charge in [0.2, 0.25) is 5.91 Å². The van der Waals surface area contributed by atoms with Gasteiger partial charge >= 0.3 is 0 Å². The Labute approximate surface area is 137 Å². The largest absolute Gasteiger partial charge is 0.287 e. The SMILES string of the molecule is C[C@@]12CC[C@H]3C[C@@]1(C#N)N(NC(=O)Cc1ccccc1)C[C@@]32C. The van der Waals surface area contributed by atoms with E-state index in [1.54, 1.807) is 0 Å². The lowest BCUT2D eigenvalue weighted by molar-refractivity contribution is -0.128. The minimum Gasteiger partial charge on any atom is -0.287 e. The van der Waals surface area contributed by atoms with E-state index in [-0.39, 0.29) is 16.7 Å². The molecule has 3 aliphatic rings. The normalized spacial score (nSPS) is 41.0. The van der Waals surface area contributed by atoms with Gasteiger partial charge < -0.3 is 0 Å². The fourth-order valence-electron chi connectivity index (χ4n) is 5.62. The number of rotatable bonds is 3. The lowest BCUT2D eigenvalue weighted by Crippen LogP contribution is -2.59. The summed E-state index contributed by atoms with van der Waals surface area (Å²) in [6, 6.07) is 12.3. The van der Waals surface area contributed by atoms with Crippen LogP contribution < -0.4 is 5.43 Å². The third kappa shape index (κ3) is 1.66. The van der Waals surface area contributed by atoms with E-state index in [4.69, 9.17) is 0 Å². The minimum absolute atomic E-state index is 0.0144. The number of nitrogens with zero attached hydrogens (tertiary/aromatic N) is 2. The fourth-order valence-corrected chi connectivity index (χ4v) is 5.62. The predicted octanol–water partition coefficient (Wildman–Crippen LogP) is 2.66. The van der Waals surface area contributed by atoms with E-state index in [1.165, 1.54) is 6.42 Å². The second-order valence-electron chi connectivity index (χ2n) is 7.94. The van der Waals surface area contributed by atoms with Crippen LogP contribution in [0.15, 0.2) is 30.3 Å². The van der Waals surface area contributed by atoms with Crippen molar-refractivity contribution in [3.05, 3.63) is 35.9 Å². The number of carbonyl (C=O) groups is 1. The highest BCUT2D eigenvalue weighted by Gasteiger charge is 2.78. The van der Waals surface area contributed by atoms with Crippen molar-refractivity contribution in [2.45, 2.75) is 45.1 Å². The van der Waals surface area contributed by atoms with Crippen LogP contribution in [0.3, 0.4) is 0 Å². The van der Waals surface area contributed by atoms with Gasteiger partial charge in [0.05, 0.1) is 12.5 Å². The molecule has 1 aromatic rings. The lowest BCUT2D eigenvalue weighted by Gasteiger charge is -2.42. The van der Waals surface area contributed by atoms with Crippen LogP contribution in [0.5, 0.6) is 0 Å². The first kappa shape index (κ1) is 14.7. The molecule has 120 valence electrons. The van der Waals surface area contributed by atoms with Crippen LogP contribution in [0.1, 0.15) is 38.7 Å². The van der Waals surface area contributed by atoms with Crippen molar-refractivity contribution < 1.29 is 4.79 Å². The second kappa shape index (κ2) is 4.58. The molecular weight excluding hydrogens is 286 g/mol. The molecular formula is C19H23N3O. The summed E-state index contributed by atoms with van der Waals surface area (Å²) in [6.45, 7) is 5.36. The Kier molecular flexibility index (Phi) is 2.93. The van der Waals surface area contributed by atoms with Crippen LogP contribution in [-0.2, 0) is 11.2 Å². The number of nitriles is 1. The summed E-state index contributed by atoms with van der Waals surface area (Å²) in [5, 5.41) is 11.9. The molecule has 1 aliphatic heterocycles. The van der Waals surface area contributed by atoms with Gasteiger partial charge in [-0.3, -0.25) is 10.2 Å². The molecule has 1 aromatic carbocycles. The summed E-state index contributed by atoms with van der Waals surface area (Å²) in [5.74, 6) is 0.593. The molecule has 0 spiro atoms. The maximum atomic E-state index is 12.5. The van der Waals surface area contributed by atoms with E-state index in [2.05, 4.69) is 25.3 Å². The van der Waals surface area contributed by atoms with E-state index < -0.39 is 5.54 Å². The quantitative estimate of drug-likeness (QED) is 0.934. The Morgan fingerprint density at radius 3 is 2.78 bits per heavy atom. The number of hydrazine groups is 1. The van der Waals surface area contributed by atoms with Crippen LogP contribution in [0.25, 0.3) is 0 Å². The standard InChI is InChI=1S/C19H23N3O/c1-17-13-22(21-16(23)10-14-6-4-3-5-7-14)19(12-20)11-15(17)8-9-18(17,19)2/h3-7,15H,8-11,13H2,1-2H3,(H,21,23)/t15-,17-,18-,19-/m0/s1. The van der Waals surface area contributed by atoms with Crippen LogP contribution in [-0.4, -0.2) is 23.0 Å². The van der Waals surface area contributed by atoms with E-state index in [0.717, 1.165) is 24.9 Å². The summed E-state index contributed by atoms with van der Waals surface area (Å²) in [5.41, 5.74) is 3.65. The van der Waals surface area contributed by atoms with E-state index >= 15 is 0 Å². The van der Waals surface area contributed by atoms with Crippen LogP contribution in [0.2, 0.25) is 0 Å². The molecule has 1 amide bonds. The zero-order valence-corrected chi connectivity index (χ0v) is 13.8. The smallest absolute Gasteiger partial charge is 0.238 e. The van der Waals surface area contributed by atoms with Gasteiger partial charge in [-0.1, -0.05) is 44.2 Å². The van der Waals surface area contributed by atoms with E-state index in [1.807, 2.05) is 35.3 Å². The zero-order chi connectivity index (χ0) is 16.3. The van der Waals surface area contributed by atoms with Crippen LogP contribution in [0, 0.1) is 28.1 Å². The highest BCUT2D eigenvalue weighted by molar-refractivity contribution is 5.78. The first-order valence-corrected chi connectivity index (χ1v) is 8.47. The van der Waals surface area contributed by atoms with Crippen molar-refractivity contribution in [2.75, 3.05) is 6.54 Å². The number of amides is 1. The minimum atomic E-state index is -0.531. The Hall–Kier alpha value is -1.86. The molecule has 3 fully saturated rings. The van der Waals surface area contributed by atoms with Crippen molar-refractivity contribution in [2.24, 2.45) is 16.7 Å². The van der Waals surface area contributed by atoms with Crippen molar-refractivity contribution in [1.29, 1.82) is 5.26 Å². The molecule has 1 N–H and O–H groups in total. The molecule has 4 nitrogen and oxygen atoms in total. The molecule has 4 heteroatoms. The van der Waals surface area contributed by atoms with Crippen molar-refractivity contribution >= 4 is 5.91 Å². The summed E-state index contributed by atoms with van der Waals surface area (Å²) < 4.78 is 0. The first-order chi connectivity index (χ1) is 11.0. The molecule has 1 heterocycles. The topological polar surface area (TPSA) is 56.1 Å². The summed E-state index contributed by atoms with van der Waals surface area (Å²) in [4.78, 5) is 12.5. The highest BCUT2D eigenvalue weighted by Crippen LogP contribution is 2.75. The summed E-state index contributed by atoms with van der Waals surface area (Å²) in [6.07, 6.45) is 3.56. The van der Waals surface area contributed by atoms with Crippen molar-refractivity contribution in [1.82, 2.24) is 10.4 Å². The summed E-state index contributed by atoms with van der Waals surface area (Å²) >= 11 is 0. The van der Waals surface area contributed by atoms with Crippen LogP contribution >= 0.6 is 0 Å². The molecule has 2 aliphatic carbocycles. The molecule has 4 atom stereocenters. The average Bonchev–Trinajstić information content (AvgIpc) is 2.97. The monoisotopic (exact) mass is 309 g/mol. The van der Waals surface area contributed by atoms with Gasteiger partial charge in [0.25, 0.3) is 0 Å². The number of piperidine rings is 1. The number of carbonyl (C=O) groups excluding carboxylic acids is 1. The number of hydrogen-bond donors (Lipinski definition) is 1. The molecule has 23 heavy (non-hydrogen) atoms. The summed E-state index contributed by atoms with van der Waals surface area (Å²) in [7, 11) is 0. The Bertz CT molecular complexity index is 696. The third-order valence-electron chi connectivity index (χ3n) is 7.21. The van der Waals surface area contributed by atoms with Crippen molar-refractivity contribution in [3.8, 4) is 6.07 Å². The highest BCUT2D eigenvalue weighted by atomic mass is 16.2. The van der Waals surface area contributed by atoms with E-state index in [9.17, 15) is 10.1 Å². The van der Waals surface area contributed by atoms with Gasteiger partial charge in [-0.25, -0.2) is 0 Å². The lowest BCUT2D eigenvalue weighted by atomic mass is 9.66. The number of nitrogens with one attached hydrogen (secondary N) is 1. The molecule has 0 radical (unpaired) electrons. The first-order valence-electron chi connectivity index (χ1n) is 8.47. The fraction of sp³-hybridized carbons (Fsp3) is 0.579. The average molecular weight is 309 g/mol. The van der Waals surface area contributed by atoms with Gasteiger partial charge in [0.15, 0.2) is 0 Å². The van der Waals surface area contributed by atoms with Crippen molar-refractivity contribution in [3.63, 3.8) is 0 Å². The van der Waals surface area contributed by atoms with Gasteiger partial charge in [0, 0.05) is 12.0 Å². The van der Waals surface area contributed by atoms with Gasteiger partial charge in [-0.05, 0) is 36.2 Å². The van der Waals surface area contributed by atoms with Crippen LogP contribution in [0.4, 0.5) is 0 Å². The van der Waals surface area contributed by atoms with Gasteiger partial charge in [-0.15, -0.1) is 0 Å². The Morgan fingerprint density at radius 2 is 2.13 bits per heavy atom. The van der Waals surface area contributed by atoms with Gasteiger partial charge in [0.1, 0.15) is 5.54 Å². The molecule has 0 aromatic heterocycles. The maximum absolute atomic E-state index is 12.5.